The van der Waals surface area contributed by atoms with Gasteiger partial charge >= 0.3 is 7.12 Å². The molecule has 21 heavy (non-hydrogen) atoms. The van der Waals surface area contributed by atoms with E-state index in [9.17, 15) is 0 Å². The van der Waals surface area contributed by atoms with Gasteiger partial charge in [-0.05, 0) is 51.8 Å². The number of hydrogen-bond donors (Lipinski definition) is 0. The van der Waals surface area contributed by atoms with Crippen LogP contribution < -0.4 is 4.74 Å². The third kappa shape index (κ3) is 3.27. The number of benzene rings is 1. The fourth-order valence-electron chi connectivity index (χ4n) is 2.67. The molecule has 1 fully saturated rings. The van der Waals surface area contributed by atoms with E-state index in [1.54, 1.807) is 7.11 Å². The Kier molecular flexibility index (Phi) is 4.69. The van der Waals surface area contributed by atoms with Crippen LogP contribution in [-0.2, 0) is 9.31 Å². The average Bonchev–Trinajstić information content (AvgIpc) is 2.65. The maximum atomic E-state index is 6.24. The molecule has 4 heteroatoms. The molecule has 1 aromatic carbocycles. The van der Waals surface area contributed by atoms with Crippen LogP contribution in [0.25, 0.3) is 0 Å². The fraction of sp³-hybridized carbons (Fsp3) is 0.647. The Balaban J connectivity index is 2.23. The molecule has 0 aromatic heterocycles. The summed E-state index contributed by atoms with van der Waals surface area (Å²) in [4.78, 5) is 0. The maximum absolute atomic E-state index is 6.24. The SMILES string of the molecule is CCC[C@H](B1OC(C)(C)C(C)(C)O1)c1ccc(OC)cc1. The normalized spacial score (nSPS) is 21.3. The van der Waals surface area contributed by atoms with E-state index in [1.165, 1.54) is 5.56 Å². The standard InChI is InChI=1S/C17H27BO3/c1-7-8-15(13-9-11-14(19-6)12-10-13)18-20-16(2,3)17(4,5)21-18/h9-12,15H,7-8H2,1-6H3/t15-/m0/s1. The van der Waals surface area contributed by atoms with Crippen molar-refractivity contribution in [3.05, 3.63) is 29.8 Å². The molecule has 1 heterocycles. The zero-order valence-corrected chi connectivity index (χ0v) is 14.1. The summed E-state index contributed by atoms with van der Waals surface area (Å²) in [6.45, 7) is 10.6. The van der Waals surface area contributed by atoms with E-state index < -0.39 is 0 Å². The van der Waals surface area contributed by atoms with E-state index in [2.05, 4.69) is 46.8 Å². The molecule has 0 spiro atoms. The third-order valence-corrected chi connectivity index (χ3v) is 4.74. The van der Waals surface area contributed by atoms with Gasteiger partial charge in [0.25, 0.3) is 0 Å². The van der Waals surface area contributed by atoms with Crippen molar-refractivity contribution in [1.29, 1.82) is 0 Å². The van der Waals surface area contributed by atoms with Crippen molar-refractivity contribution < 1.29 is 14.0 Å². The first-order valence-corrected chi connectivity index (χ1v) is 7.80. The lowest BCUT2D eigenvalue weighted by molar-refractivity contribution is 0.00578. The van der Waals surface area contributed by atoms with E-state index in [0.29, 0.717) is 0 Å². The zero-order valence-electron chi connectivity index (χ0n) is 14.1. The number of ether oxygens (including phenoxy) is 1. The molecule has 1 aromatic rings. The Hall–Kier alpha value is -0.995. The third-order valence-electron chi connectivity index (χ3n) is 4.74. The van der Waals surface area contributed by atoms with Crippen LogP contribution in [0.3, 0.4) is 0 Å². The van der Waals surface area contributed by atoms with E-state index in [-0.39, 0.29) is 24.1 Å². The van der Waals surface area contributed by atoms with Gasteiger partial charge in [0.15, 0.2) is 0 Å². The highest BCUT2D eigenvalue weighted by Gasteiger charge is 2.53. The Bertz CT molecular complexity index is 451. The predicted octanol–water partition coefficient (Wildman–Crippen LogP) is 4.21. The lowest BCUT2D eigenvalue weighted by Gasteiger charge is -2.32. The fourth-order valence-corrected chi connectivity index (χ4v) is 2.67. The Morgan fingerprint density at radius 1 is 1.05 bits per heavy atom. The van der Waals surface area contributed by atoms with Gasteiger partial charge in [-0.3, -0.25) is 0 Å². The molecule has 3 nitrogen and oxygen atoms in total. The molecule has 1 aliphatic rings. The van der Waals surface area contributed by atoms with Crippen LogP contribution in [0.4, 0.5) is 0 Å². The van der Waals surface area contributed by atoms with Crippen LogP contribution in [0.15, 0.2) is 24.3 Å². The highest BCUT2D eigenvalue weighted by molar-refractivity contribution is 6.47. The maximum Gasteiger partial charge on any atom is 0.465 e. The monoisotopic (exact) mass is 290 g/mol. The van der Waals surface area contributed by atoms with Crippen LogP contribution >= 0.6 is 0 Å². The van der Waals surface area contributed by atoms with Crippen LogP contribution in [0.1, 0.15) is 58.8 Å². The van der Waals surface area contributed by atoms with Gasteiger partial charge in [-0.15, -0.1) is 0 Å². The molecule has 0 bridgehead atoms. The summed E-state index contributed by atoms with van der Waals surface area (Å²) in [6.07, 6.45) is 2.14. The Labute approximate surface area is 129 Å². The van der Waals surface area contributed by atoms with E-state index in [0.717, 1.165) is 18.6 Å². The highest BCUT2D eigenvalue weighted by atomic mass is 16.7. The lowest BCUT2D eigenvalue weighted by Crippen LogP contribution is -2.41. The number of hydrogen-bond acceptors (Lipinski definition) is 3. The van der Waals surface area contributed by atoms with Gasteiger partial charge in [0.05, 0.1) is 18.3 Å². The smallest absolute Gasteiger partial charge is 0.465 e. The topological polar surface area (TPSA) is 27.7 Å². The summed E-state index contributed by atoms with van der Waals surface area (Å²) in [6, 6.07) is 8.24. The minimum absolute atomic E-state index is 0.191. The molecular weight excluding hydrogens is 263 g/mol. The molecule has 0 unspecified atom stereocenters. The largest absolute Gasteiger partial charge is 0.497 e. The first kappa shape index (κ1) is 16.4. The second-order valence-electron chi connectivity index (χ2n) is 6.79. The van der Waals surface area contributed by atoms with Crippen molar-refractivity contribution in [2.45, 2.75) is 64.5 Å². The number of rotatable bonds is 5. The van der Waals surface area contributed by atoms with Crippen LogP contribution in [0.5, 0.6) is 5.75 Å². The van der Waals surface area contributed by atoms with E-state index in [4.69, 9.17) is 14.0 Å². The van der Waals surface area contributed by atoms with Crippen molar-refractivity contribution in [3.8, 4) is 5.75 Å². The molecule has 116 valence electrons. The summed E-state index contributed by atoms with van der Waals surface area (Å²) in [5.74, 6) is 1.13. The van der Waals surface area contributed by atoms with Crippen molar-refractivity contribution >= 4 is 7.12 Å². The first-order valence-electron chi connectivity index (χ1n) is 7.80. The highest BCUT2D eigenvalue weighted by Crippen LogP contribution is 2.42. The Morgan fingerprint density at radius 3 is 2.00 bits per heavy atom. The summed E-state index contributed by atoms with van der Waals surface area (Å²) in [5, 5.41) is 0. The zero-order chi connectivity index (χ0) is 15.7. The second-order valence-corrected chi connectivity index (χ2v) is 6.79. The molecule has 1 atom stereocenters. The summed E-state index contributed by atoms with van der Waals surface area (Å²) in [5.41, 5.74) is 0.683. The summed E-state index contributed by atoms with van der Waals surface area (Å²) in [7, 11) is 1.50. The summed E-state index contributed by atoms with van der Waals surface area (Å²) >= 11 is 0. The molecule has 0 radical (unpaired) electrons. The quantitative estimate of drug-likeness (QED) is 0.760. The van der Waals surface area contributed by atoms with Gasteiger partial charge in [-0.1, -0.05) is 25.5 Å². The summed E-state index contributed by atoms with van der Waals surface area (Å²) < 4.78 is 17.7. The van der Waals surface area contributed by atoms with Gasteiger partial charge < -0.3 is 14.0 Å². The molecule has 1 saturated heterocycles. The Morgan fingerprint density at radius 2 is 1.57 bits per heavy atom. The van der Waals surface area contributed by atoms with Crippen LogP contribution in [0, 0.1) is 0 Å². The van der Waals surface area contributed by atoms with Gasteiger partial charge in [0.1, 0.15) is 5.75 Å². The van der Waals surface area contributed by atoms with Crippen molar-refractivity contribution in [1.82, 2.24) is 0 Å². The predicted molar refractivity (Wildman–Crippen MR) is 86.7 cm³/mol. The second kappa shape index (κ2) is 6.01. The van der Waals surface area contributed by atoms with E-state index in [1.807, 2.05) is 12.1 Å². The van der Waals surface area contributed by atoms with Gasteiger partial charge in [-0.2, -0.15) is 0 Å². The molecule has 1 aliphatic heterocycles. The number of methoxy groups -OCH3 is 1. The molecule has 0 aliphatic carbocycles. The van der Waals surface area contributed by atoms with Crippen LogP contribution in [-0.4, -0.2) is 25.4 Å². The van der Waals surface area contributed by atoms with Crippen molar-refractivity contribution in [3.63, 3.8) is 0 Å². The molecule has 0 saturated carbocycles. The van der Waals surface area contributed by atoms with Crippen molar-refractivity contribution in [2.24, 2.45) is 0 Å². The first-order chi connectivity index (χ1) is 9.80. The van der Waals surface area contributed by atoms with Gasteiger partial charge in [0, 0.05) is 5.82 Å². The molecule has 0 N–H and O–H groups in total. The van der Waals surface area contributed by atoms with Crippen LogP contribution in [0.2, 0.25) is 0 Å². The lowest BCUT2D eigenvalue weighted by atomic mass is 9.66. The molecule has 0 amide bonds. The van der Waals surface area contributed by atoms with Gasteiger partial charge in [0.2, 0.25) is 0 Å². The average molecular weight is 290 g/mol. The molecular formula is C17H27BO3. The van der Waals surface area contributed by atoms with Gasteiger partial charge in [-0.25, -0.2) is 0 Å². The molecule has 2 rings (SSSR count). The minimum atomic E-state index is -0.282. The van der Waals surface area contributed by atoms with E-state index >= 15 is 0 Å². The van der Waals surface area contributed by atoms with Crippen molar-refractivity contribution in [2.75, 3.05) is 7.11 Å². The minimum Gasteiger partial charge on any atom is -0.497 e.